The van der Waals surface area contributed by atoms with Gasteiger partial charge in [-0.2, -0.15) is 0 Å². The number of anilines is 2. The van der Waals surface area contributed by atoms with Gasteiger partial charge in [-0.15, -0.1) is 0 Å². The van der Waals surface area contributed by atoms with Gasteiger partial charge in [0.2, 0.25) is 11.8 Å². The molecular weight excluding hydrogens is 354 g/mol. The zero-order valence-corrected chi connectivity index (χ0v) is 15.6. The van der Waals surface area contributed by atoms with Crippen LogP contribution in [0.1, 0.15) is 24.5 Å². The molecule has 0 atom stereocenters. The Labute approximate surface area is 162 Å². The number of carbonyl (C=O) groups excluding carboxylic acids is 2. The molecule has 4 rings (SSSR count). The minimum atomic E-state index is -0.167. The lowest BCUT2D eigenvalue weighted by molar-refractivity contribution is -0.117. The van der Waals surface area contributed by atoms with Gasteiger partial charge in [-0.3, -0.25) is 14.4 Å². The average Bonchev–Trinajstić information content (AvgIpc) is 3.10. The van der Waals surface area contributed by atoms with Crippen molar-refractivity contribution in [1.29, 1.82) is 0 Å². The van der Waals surface area contributed by atoms with Crippen LogP contribution >= 0.6 is 0 Å². The zero-order valence-electron chi connectivity index (χ0n) is 15.6. The molecule has 142 valence electrons. The van der Waals surface area contributed by atoms with Gasteiger partial charge in [0.05, 0.1) is 0 Å². The molecule has 2 heterocycles. The minimum absolute atomic E-state index is 0.00208. The number of carbonyl (C=O) groups is 2. The molecule has 6 heteroatoms. The number of benzene rings is 2. The molecule has 3 aromatic rings. The first-order valence-electron chi connectivity index (χ1n) is 9.33. The third kappa shape index (κ3) is 3.53. The number of hydrogen-bond donors (Lipinski definition) is 2. The Hall–Kier alpha value is -3.41. The molecule has 1 aliphatic heterocycles. The molecule has 2 aromatic carbocycles. The van der Waals surface area contributed by atoms with E-state index in [1.54, 1.807) is 11.8 Å². The Morgan fingerprint density at radius 2 is 1.96 bits per heavy atom. The van der Waals surface area contributed by atoms with Crippen molar-refractivity contribution < 1.29 is 9.59 Å². The van der Waals surface area contributed by atoms with Crippen LogP contribution in [0.15, 0.2) is 53.3 Å². The van der Waals surface area contributed by atoms with Gasteiger partial charge >= 0.3 is 0 Å². The summed E-state index contributed by atoms with van der Waals surface area (Å²) in [5, 5.41) is 3.81. The highest BCUT2D eigenvalue weighted by atomic mass is 16.2. The lowest BCUT2D eigenvalue weighted by Crippen LogP contribution is -2.25. The summed E-state index contributed by atoms with van der Waals surface area (Å²) >= 11 is 0. The van der Waals surface area contributed by atoms with Gasteiger partial charge in [0.1, 0.15) is 0 Å². The summed E-state index contributed by atoms with van der Waals surface area (Å²) in [6.45, 7) is 2.22. The number of aromatic nitrogens is 1. The number of H-pyrrole nitrogens is 1. The van der Waals surface area contributed by atoms with Crippen LogP contribution in [0.25, 0.3) is 10.9 Å². The van der Waals surface area contributed by atoms with Crippen LogP contribution in [0.5, 0.6) is 0 Å². The molecule has 0 radical (unpaired) electrons. The summed E-state index contributed by atoms with van der Waals surface area (Å²) in [6.07, 6.45) is 1.39. The van der Waals surface area contributed by atoms with Crippen molar-refractivity contribution in [1.82, 2.24) is 4.98 Å². The maximum absolute atomic E-state index is 12.4. The van der Waals surface area contributed by atoms with E-state index in [1.165, 1.54) is 0 Å². The molecule has 1 aliphatic rings. The second kappa shape index (κ2) is 7.31. The molecule has 2 amide bonds. The summed E-state index contributed by atoms with van der Waals surface area (Å²) in [5.74, 6) is -0.169. The van der Waals surface area contributed by atoms with Gasteiger partial charge in [0, 0.05) is 42.3 Å². The highest BCUT2D eigenvalue weighted by Crippen LogP contribution is 2.31. The Balaban J connectivity index is 1.44. The first-order valence-corrected chi connectivity index (χ1v) is 9.33. The standard InChI is InChI=1S/C22H21N3O3/c1-14(26)25-11-10-15-6-8-18(13-20(15)25)23-21(27)9-7-17-12-16-4-2-3-5-19(16)24-22(17)28/h2-6,8,12-13H,7,9-11H2,1H3,(H,23,27)(H,24,28). The molecule has 0 fully saturated rings. The number of amides is 2. The van der Waals surface area contributed by atoms with Gasteiger partial charge in [-0.05, 0) is 48.1 Å². The Morgan fingerprint density at radius 3 is 2.79 bits per heavy atom. The minimum Gasteiger partial charge on any atom is -0.326 e. The molecule has 1 aromatic heterocycles. The number of aromatic amines is 1. The van der Waals surface area contributed by atoms with E-state index >= 15 is 0 Å². The largest absolute Gasteiger partial charge is 0.326 e. The van der Waals surface area contributed by atoms with E-state index in [0.29, 0.717) is 24.2 Å². The van der Waals surface area contributed by atoms with E-state index in [4.69, 9.17) is 0 Å². The van der Waals surface area contributed by atoms with E-state index in [9.17, 15) is 14.4 Å². The lowest BCUT2D eigenvalue weighted by atomic mass is 10.1. The monoisotopic (exact) mass is 375 g/mol. The third-order valence-corrected chi connectivity index (χ3v) is 5.10. The number of fused-ring (bicyclic) bond motifs is 2. The van der Waals surface area contributed by atoms with Crippen molar-refractivity contribution in [2.45, 2.75) is 26.2 Å². The SMILES string of the molecule is CC(=O)N1CCc2ccc(NC(=O)CCc3cc4ccccc4[nH]c3=O)cc21. The molecular formula is C22H21N3O3. The van der Waals surface area contributed by atoms with Crippen molar-refractivity contribution in [3.63, 3.8) is 0 Å². The fourth-order valence-electron chi connectivity index (χ4n) is 3.63. The fraction of sp³-hybridized carbons (Fsp3) is 0.227. The maximum Gasteiger partial charge on any atom is 0.251 e. The smallest absolute Gasteiger partial charge is 0.251 e. The van der Waals surface area contributed by atoms with Crippen molar-refractivity contribution in [3.8, 4) is 0 Å². The van der Waals surface area contributed by atoms with Gasteiger partial charge < -0.3 is 15.2 Å². The van der Waals surface area contributed by atoms with Crippen LogP contribution in [0, 0.1) is 0 Å². The van der Waals surface area contributed by atoms with Crippen LogP contribution in [0.2, 0.25) is 0 Å². The topological polar surface area (TPSA) is 82.3 Å². The molecule has 0 spiro atoms. The van der Waals surface area contributed by atoms with Crippen molar-refractivity contribution in [2.24, 2.45) is 0 Å². The van der Waals surface area contributed by atoms with Crippen LogP contribution in [0.3, 0.4) is 0 Å². The van der Waals surface area contributed by atoms with Crippen molar-refractivity contribution in [2.75, 3.05) is 16.8 Å². The lowest BCUT2D eigenvalue weighted by Gasteiger charge is -2.15. The molecule has 28 heavy (non-hydrogen) atoms. The second-order valence-electron chi connectivity index (χ2n) is 7.02. The average molecular weight is 375 g/mol. The number of para-hydroxylation sites is 1. The number of pyridine rings is 1. The maximum atomic E-state index is 12.4. The molecule has 2 N–H and O–H groups in total. The third-order valence-electron chi connectivity index (χ3n) is 5.10. The summed E-state index contributed by atoms with van der Waals surface area (Å²) in [4.78, 5) is 40.9. The van der Waals surface area contributed by atoms with Gasteiger partial charge in [-0.25, -0.2) is 0 Å². The number of nitrogens with zero attached hydrogens (tertiary/aromatic N) is 1. The summed E-state index contributed by atoms with van der Waals surface area (Å²) in [6, 6.07) is 15.0. The molecule has 0 bridgehead atoms. The van der Waals surface area contributed by atoms with E-state index in [-0.39, 0.29) is 23.8 Å². The second-order valence-corrected chi connectivity index (χ2v) is 7.02. The molecule has 0 saturated heterocycles. The molecule has 0 unspecified atom stereocenters. The number of rotatable bonds is 4. The van der Waals surface area contributed by atoms with Crippen molar-refractivity contribution in [3.05, 3.63) is 70.0 Å². The first-order chi connectivity index (χ1) is 13.5. The normalized spacial score (nSPS) is 12.8. The van der Waals surface area contributed by atoms with Crippen molar-refractivity contribution >= 4 is 34.1 Å². The Bertz CT molecular complexity index is 1130. The molecule has 0 aliphatic carbocycles. The van der Waals surface area contributed by atoms with Gasteiger partial charge in [0.25, 0.3) is 5.56 Å². The summed E-state index contributed by atoms with van der Waals surface area (Å²) in [5.41, 5.74) is 3.83. The van der Waals surface area contributed by atoms with Crippen LogP contribution < -0.4 is 15.8 Å². The summed E-state index contributed by atoms with van der Waals surface area (Å²) < 4.78 is 0. The van der Waals surface area contributed by atoms with E-state index < -0.39 is 0 Å². The Morgan fingerprint density at radius 1 is 1.14 bits per heavy atom. The zero-order chi connectivity index (χ0) is 19.7. The van der Waals surface area contributed by atoms with Gasteiger partial charge in [0.15, 0.2) is 0 Å². The van der Waals surface area contributed by atoms with Crippen LogP contribution in [-0.4, -0.2) is 23.3 Å². The highest BCUT2D eigenvalue weighted by Gasteiger charge is 2.22. The first kappa shape index (κ1) is 18.0. The van der Waals surface area contributed by atoms with E-state index in [2.05, 4.69) is 10.3 Å². The highest BCUT2D eigenvalue weighted by molar-refractivity contribution is 5.96. The number of nitrogens with one attached hydrogen (secondary N) is 2. The van der Waals surface area contributed by atoms with Crippen LogP contribution in [0.4, 0.5) is 11.4 Å². The Kier molecular flexibility index (Phi) is 4.69. The van der Waals surface area contributed by atoms with E-state index in [1.807, 2.05) is 48.5 Å². The van der Waals surface area contributed by atoms with E-state index in [0.717, 1.165) is 28.6 Å². The van der Waals surface area contributed by atoms with Crippen LogP contribution in [-0.2, 0) is 22.4 Å². The predicted octanol–water partition coefficient (Wildman–Crippen LogP) is 3.01. The predicted molar refractivity (Wildman–Crippen MR) is 110 cm³/mol. The number of hydrogen-bond acceptors (Lipinski definition) is 3. The summed E-state index contributed by atoms with van der Waals surface area (Å²) in [7, 11) is 0. The van der Waals surface area contributed by atoms with Gasteiger partial charge in [-0.1, -0.05) is 24.3 Å². The number of aryl methyl sites for hydroxylation is 1. The molecule has 6 nitrogen and oxygen atoms in total. The fourth-order valence-corrected chi connectivity index (χ4v) is 3.63. The molecule has 0 saturated carbocycles. The quantitative estimate of drug-likeness (QED) is 0.735.